The average Bonchev–Trinajstić information content (AvgIpc) is 2.23. The van der Waals surface area contributed by atoms with Crippen molar-refractivity contribution in [1.29, 1.82) is 0 Å². The van der Waals surface area contributed by atoms with Crippen LogP contribution in [0.2, 0.25) is 5.02 Å². The summed E-state index contributed by atoms with van der Waals surface area (Å²) in [5.74, 6) is -1.06. The highest BCUT2D eigenvalue weighted by Crippen LogP contribution is 2.13. The van der Waals surface area contributed by atoms with Gasteiger partial charge in [-0.3, -0.25) is 9.59 Å². The number of carbonyl (C=O) groups excluding carboxylic acids is 1. The zero-order valence-electron chi connectivity index (χ0n) is 9.52. The Morgan fingerprint density at radius 1 is 1.41 bits per heavy atom. The number of carboxylic acids is 1. The molecule has 0 saturated carbocycles. The molecular formula is C12H14ClNO3. The van der Waals surface area contributed by atoms with Gasteiger partial charge < -0.3 is 10.0 Å². The van der Waals surface area contributed by atoms with Gasteiger partial charge in [-0.1, -0.05) is 23.7 Å². The van der Waals surface area contributed by atoms with Gasteiger partial charge in [0, 0.05) is 25.0 Å². The number of amides is 1. The second-order valence-electron chi connectivity index (χ2n) is 3.71. The monoisotopic (exact) mass is 255 g/mol. The summed E-state index contributed by atoms with van der Waals surface area (Å²) in [5.41, 5.74) is 0.887. The van der Waals surface area contributed by atoms with Crippen molar-refractivity contribution < 1.29 is 14.7 Å². The van der Waals surface area contributed by atoms with Crippen LogP contribution in [0.1, 0.15) is 18.9 Å². The van der Waals surface area contributed by atoms with Crippen LogP contribution in [0.25, 0.3) is 0 Å². The van der Waals surface area contributed by atoms with Crippen molar-refractivity contribution in [1.82, 2.24) is 4.90 Å². The quantitative estimate of drug-likeness (QED) is 0.877. The molecule has 0 aliphatic rings. The Bertz CT molecular complexity index is 420. The third-order valence-corrected chi connectivity index (χ3v) is 2.54. The van der Waals surface area contributed by atoms with E-state index >= 15 is 0 Å². The maximum Gasteiger partial charge on any atom is 0.305 e. The van der Waals surface area contributed by atoms with Crippen LogP contribution in [-0.2, 0) is 16.1 Å². The lowest BCUT2D eigenvalue weighted by Gasteiger charge is -2.20. The first-order chi connectivity index (χ1) is 7.99. The predicted octanol–water partition coefficient (Wildman–Crippen LogP) is 2.16. The van der Waals surface area contributed by atoms with Crippen molar-refractivity contribution >= 4 is 23.5 Å². The SMILES string of the molecule is CC(=O)N(CCC(=O)O)Cc1cccc(Cl)c1. The molecule has 0 spiro atoms. The largest absolute Gasteiger partial charge is 0.481 e. The van der Waals surface area contributed by atoms with Crippen LogP contribution in [-0.4, -0.2) is 28.4 Å². The van der Waals surface area contributed by atoms with Crippen molar-refractivity contribution in [2.75, 3.05) is 6.54 Å². The lowest BCUT2D eigenvalue weighted by molar-refractivity contribution is -0.138. The van der Waals surface area contributed by atoms with E-state index in [2.05, 4.69) is 0 Å². The van der Waals surface area contributed by atoms with Gasteiger partial charge in [-0.2, -0.15) is 0 Å². The molecule has 1 aromatic carbocycles. The third kappa shape index (κ3) is 4.87. The average molecular weight is 256 g/mol. The highest BCUT2D eigenvalue weighted by atomic mass is 35.5. The molecule has 1 N–H and O–H groups in total. The second kappa shape index (κ2) is 6.25. The van der Waals surface area contributed by atoms with Crippen molar-refractivity contribution in [3.05, 3.63) is 34.9 Å². The molecule has 92 valence electrons. The summed E-state index contributed by atoms with van der Waals surface area (Å²) in [4.78, 5) is 23.3. The molecule has 1 aromatic rings. The molecule has 0 atom stereocenters. The van der Waals surface area contributed by atoms with E-state index in [0.717, 1.165) is 5.56 Å². The molecule has 5 heteroatoms. The van der Waals surface area contributed by atoms with E-state index in [-0.39, 0.29) is 18.9 Å². The summed E-state index contributed by atoms with van der Waals surface area (Å²) in [6.45, 7) is 2.01. The van der Waals surface area contributed by atoms with Gasteiger partial charge in [0.15, 0.2) is 0 Å². The Hall–Kier alpha value is -1.55. The van der Waals surface area contributed by atoms with E-state index < -0.39 is 5.97 Å². The molecule has 0 aromatic heterocycles. The van der Waals surface area contributed by atoms with Gasteiger partial charge in [0.2, 0.25) is 5.91 Å². The molecule has 0 bridgehead atoms. The van der Waals surface area contributed by atoms with Crippen LogP contribution in [0.3, 0.4) is 0 Å². The Morgan fingerprint density at radius 2 is 2.12 bits per heavy atom. The zero-order chi connectivity index (χ0) is 12.8. The first-order valence-corrected chi connectivity index (χ1v) is 5.58. The highest BCUT2D eigenvalue weighted by Gasteiger charge is 2.11. The first-order valence-electron chi connectivity index (χ1n) is 5.21. The van der Waals surface area contributed by atoms with Crippen molar-refractivity contribution in [3.8, 4) is 0 Å². The standard InChI is InChI=1S/C12H14ClNO3/c1-9(15)14(6-5-12(16)17)8-10-3-2-4-11(13)7-10/h2-4,7H,5-6,8H2,1H3,(H,16,17). The minimum Gasteiger partial charge on any atom is -0.481 e. The summed E-state index contributed by atoms with van der Waals surface area (Å²) >= 11 is 5.84. The van der Waals surface area contributed by atoms with Gasteiger partial charge in [-0.25, -0.2) is 0 Å². The smallest absolute Gasteiger partial charge is 0.305 e. The fraction of sp³-hybridized carbons (Fsp3) is 0.333. The van der Waals surface area contributed by atoms with Crippen LogP contribution >= 0.6 is 11.6 Å². The second-order valence-corrected chi connectivity index (χ2v) is 4.15. The molecule has 4 nitrogen and oxygen atoms in total. The Labute approximate surface area is 105 Å². The molecule has 0 aliphatic carbocycles. The summed E-state index contributed by atoms with van der Waals surface area (Å²) in [5, 5.41) is 9.20. The molecule has 0 heterocycles. The number of carboxylic acid groups (broad SMARTS) is 1. The van der Waals surface area contributed by atoms with Gasteiger partial charge in [-0.05, 0) is 17.7 Å². The maximum absolute atomic E-state index is 11.3. The van der Waals surface area contributed by atoms with Crippen LogP contribution in [0.15, 0.2) is 24.3 Å². The number of benzene rings is 1. The topological polar surface area (TPSA) is 57.6 Å². The minimum atomic E-state index is -0.914. The Balaban J connectivity index is 2.66. The van der Waals surface area contributed by atoms with Gasteiger partial charge in [0.25, 0.3) is 0 Å². The Morgan fingerprint density at radius 3 is 2.65 bits per heavy atom. The molecule has 0 saturated heterocycles. The van der Waals surface area contributed by atoms with E-state index in [1.807, 2.05) is 6.07 Å². The molecular weight excluding hydrogens is 242 g/mol. The van der Waals surface area contributed by atoms with Crippen LogP contribution in [0.5, 0.6) is 0 Å². The van der Waals surface area contributed by atoms with Crippen LogP contribution in [0.4, 0.5) is 0 Å². The summed E-state index contributed by atoms with van der Waals surface area (Å²) in [6, 6.07) is 7.16. The van der Waals surface area contributed by atoms with Crippen molar-refractivity contribution in [2.24, 2.45) is 0 Å². The normalized spacial score (nSPS) is 10.0. The predicted molar refractivity (Wildman–Crippen MR) is 64.8 cm³/mol. The van der Waals surface area contributed by atoms with Crippen LogP contribution in [0, 0.1) is 0 Å². The van der Waals surface area contributed by atoms with E-state index in [9.17, 15) is 9.59 Å². The summed E-state index contributed by atoms with van der Waals surface area (Å²) < 4.78 is 0. The van der Waals surface area contributed by atoms with Gasteiger partial charge in [-0.15, -0.1) is 0 Å². The molecule has 0 unspecified atom stereocenters. The molecule has 0 fully saturated rings. The van der Waals surface area contributed by atoms with E-state index in [4.69, 9.17) is 16.7 Å². The van der Waals surface area contributed by atoms with Gasteiger partial charge in [0.05, 0.1) is 6.42 Å². The van der Waals surface area contributed by atoms with Crippen molar-refractivity contribution in [2.45, 2.75) is 19.9 Å². The van der Waals surface area contributed by atoms with E-state index in [1.165, 1.54) is 11.8 Å². The first kappa shape index (κ1) is 13.5. The minimum absolute atomic E-state index is 0.0554. The number of rotatable bonds is 5. The molecule has 0 aliphatic heterocycles. The lowest BCUT2D eigenvalue weighted by atomic mass is 10.2. The third-order valence-electron chi connectivity index (χ3n) is 2.30. The van der Waals surface area contributed by atoms with Crippen LogP contribution < -0.4 is 0 Å². The fourth-order valence-corrected chi connectivity index (χ4v) is 1.65. The number of aliphatic carboxylic acids is 1. The number of hydrogen-bond donors (Lipinski definition) is 1. The van der Waals surface area contributed by atoms with E-state index in [1.54, 1.807) is 18.2 Å². The summed E-state index contributed by atoms with van der Waals surface area (Å²) in [6.07, 6.45) is -0.0554. The number of carbonyl (C=O) groups is 2. The number of nitrogens with zero attached hydrogens (tertiary/aromatic N) is 1. The zero-order valence-corrected chi connectivity index (χ0v) is 10.3. The fourth-order valence-electron chi connectivity index (χ4n) is 1.43. The molecule has 17 heavy (non-hydrogen) atoms. The van der Waals surface area contributed by atoms with Crippen molar-refractivity contribution in [3.63, 3.8) is 0 Å². The Kier molecular flexibility index (Phi) is 4.97. The molecule has 1 rings (SSSR count). The van der Waals surface area contributed by atoms with Gasteiger partial charge in [0.1, 0.15) is 0 Å². The summed E-state index contributed by atoms with van der Waals surface area (Å²) in [7, 11) is 0. The van der Waals surface area contributed by atoms with Gasteiger partial charge >= 0.3 is 5.97 Å². The molecule has 0 radical (unpaired) electrons. The molecule has 1 amide bonds. The highest BCUT2D eigenvalue weighted by molar-refractivity contribution is 6.30. The van der Waals surface area contributed by atoms with E-state index in [0.29, 0.717) is 11.6 Å². The lowest BCUT2D eigenvalue weighted by Crippen LogP contribution is -2.30. The number of halogens is 1. The maximum atomic E-state index is 11.3. The number of hydrogen-bond acceptors (Lipinski definition) is 2.